The van der Waals surface area contributed by atoms with Crippen LogP contribution in [0, 0.1) is 0 Å². The molecular weight excluding hydrogens is 216 g/mol. The van der Waals surface area contributed by atoms with Gasteiger partial charge in [-0.15, -0.1) is 18.3 Å². The first kappa shape index (κ1) is 12.0. The minimum atomic E-state index is -1.01. The first-order valence-electron chi connectivity index (χ1n) is 4.64. The van der Waals surface area contributed by atoms with Crippen LogP contribution in [-0.4, -0.2) is 31.0 Å². The molecule has 1 aliphatic rings. The number of thioether (sulfide) groups is 1. The van der Waals surface area contributed by atoms with E-state index in [-0.39, 0.29) is 0 Å². The van der Waals surface area contributed by atoms with Gasteiger partial charge in [0.15, 0.2) is 0 Å². The third kappa shape index (κ3) is 2.12. The average molecular weight is 232 g/mol. The summed E-state index contributed by atoms with van der Waals surface area (Å²) >= 11 is 1.57. The van der Waals surface area contributed by atoms with Gasteiger partial charge in [-0.2, -0.15) is 0 Å². The molecule has 80 valence electrons. The van der Waals surface area contributed by atoms with Crippen molar-refractivity contribution in [3.05, 3.63) is 24.8 Å². The molecule has 0 spiro atoms. The number of rotatable bonds is 3. The summed E-state index contributed by atoms with van der Waals surface area (Å²) in [7, 11) is -1.01. The topological polar surface area (TPSA) is 37.3 Å². The molecule has 14 heavy (non-hydrogen) atoms. The summed E-state index contributed by atoms with van der Waals surface area (Å²) in [5, 5.41) is 9.85. The summed E-state index contributed by atoms with van der Waals surface area (Å²) in [6.07, 6.45) is 5.39. The predicted molar refractivity (Wildman–Crippen MR) is 63.8 cm³/mol. The summed E-state index contributed by atoms with van der Waals surface area (Å²) < 4.78 is 11.3. The lowest BCUT2D eigenvalue weighted by Gasteiger charge is -2.35. The fourth-order valence-electron chi connectivity index (χ4n) is 1.49. The van der Waals surface area contributed by atoms with E-state index in [0.29, 0.717) is 5.75 Å². The summed E-state index contributed by atoms with van der Waals surface area (Å²) in [4.78, 5) is 0. The van der Waals surface area contributed by atoms with Crippen molar-refractivity contribution < 1.29 is 9.32 Å². The highest BCUT2D eigenvalue weighted by molar-refractivity contribution is 8.13. The second kappa shape index (κ2) is 5.14. The molecule has 0 radical (unpaired) electrons. The standard InChI is InChI=1S/C10H16O2S2/c1-3-6-10(9(11)4-2)13-7-5-8-14(10)12/h3-4,6,9,11H,2,5,7-8H2,1H3/b6-3+/t9-,10-,14?/m1/s1. The van der Waals surface area contributed by atoms with Gasteiger partial charge in [0.2, 0.25) is 0 Å². The number of allylic oxidation sites excluding steroid dienone is 1. The Morgan fingerprint density at radius 2 is 2.43 bits per heavy atom. The van der Waals surface area contributed by atoms with Gasteiger partial charge >= 0.3 is 0 Å². The van der Waals surface area contributed by atoms with E-state index in [1.165, 1.54) is 6.08 Å². The van der Waals surface area contributed by atoms with E-state index in [2.05, 4.69) is 6.58 Å². The van der Waals surface area contributed by atoms with E-state index in [1.807, 2.05) is 19.1 Å². The molecule has 1 rings (SSSR count). The highest BCUT2D eigenvalue weighted by Gasteiger charge is 2.42. The van der Waals surface area contributed by atoms with Crippen LogP contribution in [0.15, 0.2) is 24.8 Å². The molecule has 4 heteroatoms. The molecule has 0 saturated carbocycles. The lowest BCUT2D eigenvalue weighted by Crippen LogP contribution is -2.44. The van der Waals surface area contributed by atoms with E-state index in [1.54, 1.807) is 11.8 Å². The zero-order chi connectivity index (χ0) is 10.6. The van der Waals surface area contributed by atoms with Gasteiger partial charge in [-0.1, -0.05) is 18.2 Å². The van der Waals surface area contributed by atoms with Crippen molar-refractivity contribution in [2.75, 3.05) is 11.5 Å². The molecule has 1 N–H and O–H groups in total. The van der Waals surface area contributed by atoms with Crippen molar-refractivity contribution in [3.63, 3.8) is 0 Å². The molecule has 0 aromatic rings. The van der Waals surface area contributed by atoms with Crippen LogP contribution in [-0.2, 0) is 10.8 Å². The molecule has 1 heterocycles. The summed E-state index contributed by atoms with van der Waals surface area (Å²) in [5.74, 6) is 1.61. The largest absolute Gasteiger partial charge is 0.386 e. The molecule has 1 fully saturated rings. The molecule has 0 aliphatic carbocycles. The molecule has 0 aromatic heterocycles. The molecule has 2 nitrogen and oxygen atoms in total. The van der Waals surface area contributed by atoms with Crippen molar-refractivity contribution in [1.29, 1.82) is 0 Å². The normalized spacial score (nSPS) is 35.7. The van der Waals surface area contributed by atoms with Crippen LogP contribution >= 0.6 is 11.8 Å². The fourth-order valence-corrected chi connectivity index (χ4v) is 5.18. The van der Waals surface area contributed by atoms with Crippen molar-refractivity contribution >= 4 is 22.6 Å². The Bertz CT molecular complexity index is 263. The van der Waals surface area contributed by atoms with E-state index in [9.17, 15) is 9.32 Å². The Hall–Kier alpha value is -0.0600. The van der Waals surface area contributed by atoms with Crippen molar-refractivity contribution in [3.8, 4) is 0 Å². The number of aliphatic hydroxyl groups is 1. The van der Waals surface area contributed by atoms with Gasteiger partial charge in [0.25, 0.3) is 0 Å². The van der Waals surface area contributed by atoms with Gasteiger partial charge in [-0.25, -0.2) is 0 Å². The lowest BCUT2D eigenvalue weighted by atomic mass is 10.2. The van der Waals surface area contributed by atoms with Gasteiger partial charge in [0.05, 0.1) is 0 Å². The molecule has 1 aliphatic heterocycles. The summed E-state index contributed by atoms with van der Waals surface area (Å²) in [6.45, 7) is 5.44. The predicted octanol–water partition coefficient (Wildman–Crippen LogP) is 1.69. The van der Waals surface area contributed by atoms with Crippen molar-refractivity contribution in [2.45, 2.75) is 23.5 Å². The number of hydrogen-bond donors (Lipinski definition) is 1. The maximum atomic E-state index is 11.9. The number of hydrogen-bond acceptors (Lipinski definition) is 3. The molecule has 0 amide bonds. The minimum Gasteiger partial charge on any atom is -0.386 e. The Morgan fingerprint density at radius 3 is 2.93 bits per heavy atom. The number of aliphatic hydroxyl groups excluding tert-OH is 1. The Balaban J connectivity index is 3.00. The van der Waals surface area contributed by atoms with Gasteiger partial charge < -0.3 is 5.11 Å². The zero-order valence-corrected chi connectivity index (χ0v) is 9.94. The van der Waals surface area contributed by atoms with E-state index >= 15 is 0 Å². The first-order valence-corrected chi connectivity index (χ1v) is 6.94. The smallest absolute Gasteiger partial charge is 0.138 e. The SMILES string of the molecule is C=C[C@@H](O)[C@]1(/C=C/C)SCCCS1=O. The van der Waals surface area contributed by atoms with Crippen molar-refractivity contribution in [2.24, 2.45) is 0 Å². The maximum absolute atomic E-state index is 11.9. The van der Waals surface area contributed by atoms with E-state index in [0.717, 1.165) is 12.2 Å². The Morgan fingerprint density at radius 1 is 1.71 bits per heavy atom. The van der Waals surface area contributed by atoms with Crippen LogP contribution in [0.4, 0.5) is 0 Å². The average Bonchev–Trinajstić information content (AvgIpc) is 2.20. The highest BCUT2D eigenvalue weighted by Crippen LogP contribution is 2.39. The zero-order valence-electron chi connectivity index (χ0n) is 8.31. The Kier molecular flexibility index (Phi) is 4.41. The molecule has 1 saturated heterocycles. The van der Waals surface area contributed by atoms with E-state index in [4.69, 9.17) is 0 Å². The van der Waals surface area contributed by atoms with Gasteiger partial charge in [-0.05, 0) is 19.1 Å². The second-order valence-electron chi connectivity index (χ2n) is 3.15. The third-order valence-corrected chi connectivity index (χ3v) is 6.17. The van der Waals surface area contributed by atoms with Crippen LogP contribution in [0.1, 0.15) is 13.3 Å². The van der Waals surface area contributed by atoms with Crippen LogP contribution in [0.2, 0.25) is 0 Å². The summed E-state index contributed by atoms with van der Waals surface area (Å²) in [5.41, 5.74) is 0. The first-order chi connectivity index (χ1) is 6.67. The Labute approximate surface area is 91.9 Å². The summed E-state index contributed by atoms with van der Waals surface area (Å²) in [6, 6.07) is 0. The van der Waals surface area contributed by atoms with Crippen LogP contribution < -0.4 is 0 Å². The quantitative estimate of drug-likeness (QED) is 0.752. The third-order valence-electron chi connectivity index (χ3n) is 2.19. The molecule has 3 atom stereocenters. The second-order valence-corrected chi connectivity index (χ2v) is 6.56. The highest BCUT2D eigenvalue weighted by atomic mass is 32.2. The molecule has 0 aromatic carbocycles. The molecule has 0 bridgehead atoms. The molecular formula is C10H16O2S2. The van der Waals surface area contributed by atoms with Gasteiger partial charge in [-0.3, -0.25) is 4.21 Å². The minimum absolute atomic E-state index is 0.658. The van der Waals surface area contributed by atoms with E-state index < -0.39 is 21.0 Å². The van der Waals surface area contributed by atoms with Gasteiger partial charge in [0.1, 0.15) is 10.2 Å². The lowest BCUT2D eigenvalue weighted by molar-refractivity contribution is 0.221. The van der Waals surface area contributed by atoms with Crippen LogP contribution in [0.3, 0.4) is 0 Å². The fraction of sp³-hybridized carbons (Fsp3) is 0.600. The van der Waals surface area contributed by atoms with Crippen LogP contribution in [0.25, 0.3) is 0 Å². The monoisotopic (exact) mass is 232 g/mol. The molecule has 1 unspecified atom stereocenters. The maximum Gasteiger partial charge on any atom is 0.138 e. The van der Waals surface area contributed by atoms with Crippen molar-refractivity contribution in [1.82, 2.24) is 0 Å². The van der Waals surface area contributed by atoms with Gasteiger partial charge in [0, 0.05) is 16.6 Å². The van der Waals surface area contributed by atoms with Crippen LogP contribution in [0.5, 0.6) is 0 Å².